The Labute approximate surface area is 159 Å². The predicted octanol–water partition coefficient (Wildman–Crippen LogP) is 2.50. The van der Waals surface area contributed by atoms with Gasteiger partial charge in [-0.2, -0.15) is 0 Å². The van der Waals surface area contributed by atoms with Gasteiger partial charge < -0.3 is 9.67 Å². The largest absolute Gasteiger partial charge is 0.494 e. The number of aliphatic imine (C=N–C) groups is 1. The third-order valence-electron chi connectivity index (χ3n) is 3.94. The molecule has 0 saturated heterocycles. The van der Waals surface area contributed by atoms with E-state index in [4.69, 9.17) is 12.2 Å². The maximum atomic E-state index is 13.0. The van der Waals surface area contributed by atoms with Crippen LogP contribution in [0.1, 0.15) is 17.5 Å². The number of nitrogens with zero attached hydrogens (tertiary/aromatic N) is 4. The van der Waals surface area contributed by atoms with Gasteiger partial charge in [-0.25, -0.2) is 9.37 Å². The topological polar surface area (TPSA) is 88.2 Å². The first-order chi connectivity index (χ1) is 13.0. The molecule has 0 saturated carbocycles. The van der Waals surface area contributed by atoms with Crippen molar-refractivity contribution in [3.63, 3.8) is 0 Å². The molecule has 0 radical (unpaired) electrons. The highest BCUT2D eigenvalue weighted by Gasteiger charge is 2.11. The zero-order valence-electron chi connectivity index (χ0n) is 14.4. The van der Waals surface area contributed by atoms with E-state index in [1.54, 1.807) is 24.7 Å². The van der Waals surface area contributed by atoms with Crippen molar-refractivity contribution in [3.8, 4) is 5.88 Å². The normalized spacial score (nSPS) is 11.3. The Morgan fingerprint density at radius 1 is 1.33 bits per heavy atom. The Morgan fingerprint density at radius 2 is 2.11 bits per heavy atom. The quantitative estimate of drug-likeness (QED) is 0.370. The molecule has 3 rings (SSSR count). The molecule has 7 nitrogen and oxygen atoms in total. The van der Waals surface area contributed by atoms with Crippen molar-refractivity contribution in [1.29, 1.82) is 0 Å². The van der Waals surface area contributed by atoms with E-state index in [1.807, 2.05) is 10.8 Å². The highest BCUT2D eigenvalue weighted by atomic mass is 32.1. The van der Waals surface area contributed by atoms with Crippen LogP contribution in [0.4, 0.5) is 4.39 Å². The van der Waals surface area contributed by atoms with Gasteiger partial charge in [0.05, 0.1) is 12.9 Å². The fourth-order valence-corrected chi connectivity index (χ4v) is 2.77. The molecule has 9 heteroatoms. The lowest BCUT2D eigenvalue weighted by Crippen LogP contribution is -2.19. The Balaban J connectivity index is 1.74. The minimum Gasteiger partial charge on any atom is -0.494 e. The summed E-state index contributed by atoms with van der Waals surface area (Å²) in [5.74, 6) is -0.622. The molecular formula is C18H18FN5O2S. The van der Waals surface area contributed by atoms with E-state index in [-0.39, 0.29) is 28.6 Å². The Morgan fingerprint density at radius 3 is 2.81 bits per heavy atom. The molecule has 1 aromatic carbocycles. The second-order valence-electron chi connectivity index (χ2n) is 5.90. The van der Waals surface area contributed by atoms with Crippen molar-refractivity contribution >= 4 is 18.4 Å². The number of benzene rings is 1. The number of hydrogen-bond acceptors (Lipinski definition) is 5. The zero-order chi connectivity index (χ0) is 19.2. The molecule has 0 aliphatic heterocycles. The van der Waals surface area contributed by atoms with Crippen molar-refractivity contribution in [1.82, 2.24) is 19.1 Å². The van der Waals surface area contributed by atoms with Crippen LogP contribution in [-0.2, 0) is 13.1 Å². The molecule has 140 valence electrons. The van der Waals surface area contributed by atoms with Crippen LogP contribution in [0.5, 0.6) is 5.88 Å². The van der Waals surface area contributed by atoms with Crippen LogP contribution in [0.15, 0.2) is 52.8 Å². The van der Waals surface area contributed by atoms with E-state index >= 15 is 0 Å². The van der Waals surface area contributed by atoms with Gasteiger partial charge in [-0.1, -0.05) is 12.1 Å². The van der Waals surface area contributed by atoms with Gasteiger partial charge in [-0.05, 0) is 36.3 Å². The molecule has 2 N–H and O–H groups in total. The van der Waals surface area contributed by atoms with Gasteiger partial charge in [0.1, 0.15) is 11.4 Å². The lowest BCUT2D eigenvalue weighted by atomic mass is 10.2. The van der Waals surface area contributed by atoms with E-state index < -0.39 is 5.56 Å². The predicted molar refractivity (Wildman–Crippen MR) is 102 cm³/mol. The van der Waals surface area contributed by atoms with Crippen LogP contribution in [0.3, 0.4) is 0 Å². The molecule has 0 amide bonds. The van der Waals surface area contributed by atoms with Crippen LogP contribution in [0.2, 0.25) is 0 Å². The average molecular weight is 387 g/mol. The first kappa shape index (κ1) is 18.7. The molecule has 0 aliphatic carbocycles. The van der Waals surface area contributed by atoms with Crippen LogP contribution < -0.4 is 5.56 Å². The monoisotopic (exact) mass is 387 g/mol. The number of halogens is 1. The average Bonchev–Trinajstić information content (AvgIpc) is 3.16. The summed E-state index contributed by atoms with van der Waals surface area (Å²) in [6, 6.07) is 5.83. The number of rotatable bonds is 7. The van der Waals surface area contributed by atoms with E-state index in [0.29, 0.717) is 6.54 Å². The number of imidazole rings is 1. The number of aromatic amines is 1. The van der Waals surface area contributed by atoms with Gasteiger partial charge in [0.2, 0.25) is 5.88 Å². The van der Waals surface area contributed by atoms with Gasteiger partial charge >= 0.3 is 0 Å². The van der Waals surface area contributed by atoms with Gasteiger partial charge in [0, 0.05) is 31.7 Å². The van der Waals surface area contributed by atoms with Crippen LogP contribution in [0.25, 0.3) is 0 Å². The summed E-state index contributed by atoms with van der Waals surface area (Å²) in [5.41, 5.74) is 0.262. The van der Waals surface area contributed by atoms with Crippen LogP contribution in [-0.4, -0.2) is 37.0 Å². The maximum Gasteiger partial charge on any atom is 0.264 e. The van der Waals surface area contributed by atoms with Crippen LogP contribution in [0, 0.1) is 10.6 Å². The lowest BCUT2D eigenvalue weighted by Gasteiger charge is -2.11. The fourth-order valence-electron chi connectivity index (χ4n) is 2.53. The second-order valence-corrected chi connectivity index (χ2v) is 6.29. The molecular weight excluding hydrogens is 369 g/mol. The number of hydrogen-bond donors (Lipinski definition) is 2. The number of aryl methyl sites for hydroxylation is 1. The number of aromatic hydroxyl groups is 1. The lowest BCUT2D eigenvalue weighted by molar-refractivity contribution is 0.411. The van der Waals surface area contributed by atoms with E-state index in [9.17, 15) is 14.3 Å². The number of aromatic nitrogens is 4. The molecule has 27 heavy (non-hydrogen) atoms. The van der Waals surface area contributed by atoms with Crippen molar-refractivity contribution in [2.75, 3.05) is 6.54 Å². The van der Waals surface area contributed by atoms with Crippen molar-refractivity contribution in [2.24, 2.45) is 4.99 Å². The van der Waals surface area contributed by atoms with E-state index in [0.717, 1.165) is 18.5 Å². The Hall–Kier alpha value is -3.07. The minimum atomic E-state index is -0.508. The summed E-state index contributed by atoms with van der Waals surface area (Å²) in [4.78, 5) is 22.8. The molecule has 0 unspecified atom stereocenters. The highest BCUT2D eigenvalue weighted by Crippen LogP contribution is 2.14. The zero-order valence-corrected chi connectivity index (χ0v) is 15.2. The summed E-state index contributed by atoms with van der Waals surface area (Å²) < 4.78 is 16.4. The summed E-state index contributed by atoms with van der Waals surface area (Å²) in [7, 11) is 0. The van der Waals surface area contributed by atoms with Gasteiger partial charge in [0.25, 0.3) is 5.56 Å². The van der Waals surface area contributed by atoms with E-state index in [2.05, 4.69) is 15.0 Å². The van der Waals surface area contributed by atoms with Crippen LogP contribution >= 0.6 is 12.2 Å². The fraction of sp³-hybridized carbons (Fsp3) is 0.222. The molecule has 0 fully saturated rings. The van der Waals surface area contributed by atoms with E-state index in [1.165, 1.54) is 22.9 Å². The first-order valence-corrected chi connectivity index (χ1v) is 8.71. The maximum absolute atomic E-state index is 13.0. The Bertz CT molecular complexity index is 1040. The summed E-state index contributed by atoms with van der Waals surface area (Å²) in [6.45, 7) is 1.45. The summed E-state index contributed by atoms with van der Waals surface area (Å²) in [6.07, 6.45) is 7.40. The SMILES string of the molecule is O=c1[nH]c(=S)n(Cc2ccc(F)cc2)c(O)c1C=NCCCn1ccnc1. The summed E-state index contributed by atoms with van der Waals surface area (Å²) in [5, 5.41) is 10.5. The molecule has 0 bridgehead atoms. The van der Waals surface area contributed by atoms with Crippen molar-refractivity contribution < 1.29 is 9.50 Å². The Kier molecular flexibility index (Phi) is 5.92. The standard InChI is InChI=1S/C18H18FN5O2S/c19-14-4-2-13(3-5-14)11-24-17(26)15(16(25)22-18(24)27)10-20-6-1-8-23-9-7-21-12-23/h2-5,7,9-10,12,26H,1,6,8,11H2,(H,22,25,27). The van der Waals surface area contributed by atoms with Crippen molar-refractivity contribution in [3.05, 3.63) is 75.1 Å². The van der Waals surface area contributed by atoms with Crippen molar-refractivity contribution in [2.45, 2.75) is 19.5 Å². The molecule has 2 heterocycles. The summed E-state index contributed by atoms with van der Waals surface area (Å²) >= 11 is 5.13. The van der Waals surface area contributed by atoms with Gasteiger partial charge in [0.15, 0.2) is 4.77 Å². The van der Waals surface area contributed by atoms with Gasteiger partial charge in [-0.3, -0.25) is 19.3 Å². The third kappa shape index (κ3) is 4.76. The number of nitrogens with one attached hydrogen (secondary N) is 1. The first-order valence-electron chi connectivity index (χ1n) is 8.30. The van der Waals surface area contributed by atoms with Gasteiger partial charge in [-0.15, -0.1) is 0 Å². The molecule has 0 atom stereocenters. The highest BCUT2D eigenvalue weighted by molar-refractivity contribution is 7.71. The smallest absolute Gasteiger partial charge is 0.264 e. The molecule has 0 aliphatic rings. The number of H-pyrrole nitrogens is 1. The third-order valence-corrected chi connectivity index (χ3v) is 4.27. The molecule has 2 aromatic heterocycles. The minimum absolute atomic E-state index is 0.0355. The second kappa shape index (κ2) is 8.54. The molecule has 3 aromatic rings. The molecule has 0 spiro atoms.